The number of aliphatic carboxylic acids is 1. The van der Waals surface area contributed by atoms with Crippen LogP contribution in [0.1, 0.15) is 20.3 Å². The maximum atomic E-state index is 12.0. The number of nitrogens with one attached hydrogen (secondary N) is 1. The summed E-state index contributed by atoms with van der Waals surface area (Å²) in [6.07, 6.45) is -0.408. The van der Waals surface area contributed by atoms with Gasteiger partial charge >= 0.3 is 5.97 Å². The fraction of sp³-hybridized carbons (Fsp3) is 0.467. The van der Waals surface area contributed by atoms with Crippen LogP contribution in [-0.2, 0) is 9.59 Å². The SMILES string of the molecule is CCSCCC(NC(=O)C(C)Oc1ccc(Cl)cc1)C(=O)O. The van der Waals surface area contributed by atoms with Crippen LogP contribution in [0.15, 0.2) is 24.3 Å². The molecule has 2 N–H and O–H groups in total. The zero-order valence-corrected chi connectivity index (χ0v) is 14.1. The molecule has 0 aliphatic heterocycles. The maximum Gasteiger partial charge on any atom is 0.326 e. The molecule has 0 saturated heterocycles. The van der Waals surface area contributed by atoms with E-state index in [0.717, 1.165) is 5.75 Å². The van der Waals surface area contributed by atoms with Crippen molar-refractivity contribution in [2.45, 2.75) is 32.4 Å². The van der Waals surface area contributed by atoms with Gasteiger partial charge in [-0.2, -0.15) is 11.8 Å². The van der Waals surface area contributed by atoms with Crippen molar-refractivity contribution in [3.63, 3.8) is 0 Å². The van der Waals surface area contributed by atoms with Crippen molar-refractivity contribution in [2.24, 2.45) is 0 Å². The highest BCUT2D eigenvalue weighted by Crippen LogP contribution is 2.17. The van der Waals surface area contributed by atoms with Crippen molar-refractivity contribution in [1.82, 2.24) is 5.32 Å². The normalized spacial score (nSPS) is 13.2. The van der Waals surface area contributed by atoms with Crippen molar-refractivity contribution in [2.75, 3.05) is 11.5 Å². The molecule has 7 heteroatoms. The van der Waals surface area contributed by atoms with Gasteiger partial charge in [-0.15, -0.1) is 0 Å². The lowest BCUT2D eigenvalue weighted by Gasteiger charge is -2.18. The van der Waals surface area contributed by atoms with Crippen molar-refractivity contribution in [3.8, 4) is 5.75 Å². The molecule has 1 rings (SSSR count). The van der Waals surface area contributed by atoms with E-state index in [2.05, 4.69) is 5.32 Å². The summed E-state index contributed by atoms with van der Waals surface area (Å²) in [5, 5.41) is 12.2. The molecule has 0 aliphatic carbocycles. The number of carbonyl (C=O) groups is 2. The molecule has 0 bridgehead atoms. The van der Waals surface area contributed by atoms with Crippen LogP contribution < -0.4 is 10.1 Å². The molecule has 0 aromatic heterocycles. The number of thioether (sulfide) groups is 1. The highest BCUT2D eigenvalue weighted by Gasteiger charge is 2.23. The first-order valence-electron chi connectivity index (χ1n) is 6.97. The Morgan fingerprint density at radius 2 is 2.00 bits per heavy atom. The highest BCUT2D eigenvalue weighted by atomic mass is 35.5. The monoisotopic (exact) mass is 345 g/mol. The van der Waals surface area contributed by atoms with E-state index in [-0.39, 0.29) is 0 Å². The molecule has 122 valence electrons. The van der Waals surface area contributed by atoms with Gasteiger partial charge in [-0.05, 0) is 49.1 Å². The molecule has 0 spiro atoms. The number of hydrogen-bond donors (Lipinski definition) is 2. The van der Waals surface area contributed by atoms with Gasteiger partial charge in [0.05, 0.1) is 0 Å². The average Bonchev–Trinajstić information content (AvgIpc) is 2.48. The number of carbonyl (C=O) groups excluding carboxylic acids is 1. The number of halogens is 1. The van der Waals surface area contributed by atoms with Gasteiger partial charge in [0, 0.05) is 5.02 Å². The van der Waals surface area contributed by atoms with Gasteiger partial charge in [0.25, 0.3) is 5.91 Å². The lowest BCUT2D eigenvalue weighted by atomic mass is 10.2. The summed E-state index contributed by atoms with van der Waals surface area (Å²) in [5.41, 5.74) is 0. The van der Waals surface area contributed by atoms with Gasteiger partial charge in [0.15, 0.2) is 6.10 Å². The third kappa shape index (κ3) is 6.58. The third-order valence-electron chi connectivity index (χ3n) is 2.87. The molecule has 1 amide bonds. The van der Waals surface area contributed by atoms with Gasteiger partial charge in [-0.25, -0.2) is 4.79 Å². The minimum absolute atomic E-state index is 0.382. The van der Waals surface area contributed by atoms with E-state index in [1.54, 1.807) is 43.0 Å². The summed E-state index contributed by atoms with van der Waals surface area (Å²) in [6.45, 7) is 3.57. The Hall–Kier alpha value is -1.40. The fourth-order valence-corrected chi connectivity index (χ4v) is 2.48. The first kappa shape index (κ1) is 18.6. The quantitative estimate of drug-likeness (QED) is 0.673. The molecular formula is C15H20ClNO4S. The largest absolute Gasteiger partial charge is 0.481 e. The van der Waals surface area contributed by atoms with Gasteiger partial charge < -0.3 is 15.2 Å². The zero-order valence-electron chi connectivity index (χ0n) is 12.5. The molecule has 0 radical (unpaired) electrons. The molecule has 0 heterocycles. The number of amides is 1. The molecule has 1 aromatic carbocycles. The van der Waals surface area contributed by atoms with E-state index in [9.17, 15) is 9.59 Å². The fourth-order valence-electron chi connectivity index (χ4n) is 1.66. The Morgan fingerprint density at radius 1 is 1.36 bits per heavy atom. The van der Waals surface area contributed by atoms with Crippen molar-refractivity contribution < 1.29 is 19.4 Å². The predicted molar refractivity (Wildman–Crippen MR) is 88.7 cm³/mol. The Bertz CT molecular complexity index is 495. The molecule has 22 heavy (non-hydrogen) atoms. The number of ether oxygens (including phenoxy) is 1. The van der Waals surface area contributed by atoms with E-state index in [4.69, 9.17) is 21.4 Å². The first-order valence-corrected chi connectivity index (χ1v) is 8.50. The van der Waals surface area contributed by atoms with Crippen molar-refractivity contribution in [3.05, 3.63) is 29.3 Å². The van der Waals surface area contributed by atoms with Gasteiger partial charge in [-0.3, -0.25) is 4.79 Å². The van der Waals surface area contributed by atoms with Crippen LogP contribution in [-0.4, -0.2) is 40.6 Å². The van der Waals surface area contributed by atoms with Crippen LogP contribution in [0, 0.1) is 0 Å². The Morgan fingerprint density at radius 3 is 2.55 bits per heavy atom. The summed E-state index contributed by atoms with van der Waals surface area (Å²) in [4.78, 5) is 23.2. The van der Waals surface area contributed by atoms with Gasteiger partial charge in [0.1, 0.15) is 11.8 Å². The molecule has 5 nitrogen and oxygen atoms in total. The minimum Gasteiger partial charge on any atom is -0.481 e. The lowest BCUT2D eigenvalue weighted by Crippen LogP contribution is -2.46. The number of benzene rings is 1. The highest BCUT2D eigenvalue weighted by molar-refractivity contribution is 7.99. The summed E-state index contributed by atoms with van der Waals surface area (Å²) in [7, 11) is 0. The van der Waals surface area contributed by atoms with Crippen LogP contribution in [0.2, 0.25) is 5.02 Å². The standard InChI is InChI=1S/C15H20ClNO4S/c1-3-22-9-8-13(15(19)20)17-14(18)10(2)21-12-6-4-11(16)5-7-12/h4-7,10,13H,3,8-9H2,1-2H3,(H,17,18)(H,19,20). The summed E-state index contributed by atoms with van der Waals surface area (Å²) in [5.74, 6) is 0.601. The number of hydrogen-bond acceptors (Lipinski definition) is 4. The summed E-state index contributed by atoms with van der Waals surface area (Å²) < 4.78 is 5.47. The smallest absolute Gasteiger partial charge is 0.326 e. The van der Waals surface area contributed by atoms with Crippen molar-refractivity contribution >= 4 is 35.2 Å². The third-order valence-corrected chi connectivity index (χ3v) is 4.05. The molecule has 2 atom stereocenters. The molecule has 1 aromatic rings. The zero-order chi connectivity index (χ0) is 16.5. The molecular weight excluding hydrogens is 326 g/mol. The van der Waals surface area contributed by atoms with E-state index >= 15 is 0 Å². The van der Waals surface area contributed by atoms with Gasteiger partial charge in [-0.1, -0.05) is 18.5 Å². The molecule has 0 saturated carbocycles. The van der Waals surface area contributed by atoms with Crippen LogP contribution >= 0.6 is 23.4 Å². The number of carboxylic acids is 1. The number of rotatable bonds is 9. The van der Waals surface area contributed by atoms with Crippen LogP contribution in [0.5, 0.6) is 5.75 Å². The second-order valence-electron chi connectivity index (χ2n) is 4.60. The Labute approximate surface area is 139 Å². The second kappa shape index (κ2) is 9.58. The second-order valence-corrected chi connectivity index (χ2v) is 6.43. The van der Waals surface area contributed by atoms with Crippen LogP contribution in [0.3, 0.4) is 0 Å². The Balaban J connectivity index is 2.53. The van der Waals surface area contributed by atoms with E-state index < -0.39 is 24.0 Å². The number of carboxylic acid groups (broad SMARTS) is 1. The summed E-state index contributed by atoms with van der Waals surface area (Å²) >= 11 is 7.41. The Kier molecular flexibility index (Phi) is 8.12. The maximum absolute atomic E-state index is 12.0. The minimum atomic E-state index is -1.04. The average molecular weight is 346 g/mol. The summed E-state index contributed by atoms with van der Waals surface area (Å²) in [6, 6.07) is 5.72. The topological polar surface area (TPSA) is 75.6 Å². The van der Waals surface area contributed by atoms with Crippen molar-refractivity contribution in [1.29, 1.82) is 0 Å². The van der Waals surface area contributed by atoms with Crippen LogP contribution in [0.4, 0.5) is 0 Å². The molecule has 2 unspecified atom stereocenters. The first-order chi connectivity index (χ1) is 10.4. The molecule has 0 aliphatic rings. The van der Waals surface area contributed by atoms with E-state index in [0.29, 0.717) is 22.9 Å². The predicted octanol–water partition coefficient (Wildman–Crippen LogP) is 2.82. The van der Waals surface area contributed by atoms with E-state index in [1.165, 1.54) is 0 Å². The molecule has 0 fully saturated rings. The van der Waals surface area contributed by atoms with Gasteiger partial charge in [0.2, 0.25) is 0 Å². The van der Waals surface area contributed by atoms with Crippen LogP contribution in [0.25, 0.3) is 0 Å². The lowest BCUT2D eigenvalue weighted by molar-refractivity contribution is -0.142. The van der Waals surface area contributed by atoms with E-state index in [1.807, 2.05) is 6.92 Å².